The van der Waals surface area contributed by atoms with Gasteiger partial charge in [0.05, 0.1) is 6.33 Å². The van der Waals surface area contributed by atoms with Crippen LogP contribution in [-0.2, 0) is 22.7 Å². The molecule has 136 valence electrons. The summed E-state index contributed by atoms with van der Waals surface area (Å²) in [6, 6.07) is 12.1. The van der Waals surface area contributed by atoms with Crippen LogP contribution in [-0.4, -0.2) is 15.5 Å². The molecule has 0 aliphatic heterocycles. The van der Waals surface area contributed by atoms with E-state index in [0.29, 0.717) is 26.7 Å². The van der Waals surface area contributed by atoms with E-state index in [1.54, 1.807) is 24.3 Å². The normalized spacial score (nSPS) is 11.2. The van der Waals surface area contributed by atoms with Gasteiger partial charge in [-0.15, -0.1) is 0 Å². The number of carbonyl (C=O) groups is 1. The lowest BCUT2D eigenvalue weighted by molar-refractivity contribution is -0.145. The van der Waals surface area contributed by atoms with E-state index in [1.165, 1.54) is 6.33 Å². The molecule has 27 heavy (non-hydrogen) atoms. The van der Waals surface area contributed by atoms with Gasteiger partial charge in [-0.2, -0.15) is 0 Å². The first-order valence-electron chi connectivity index (χ1n) is 7.99. The van der Waals surface area contributed by atoms with Gasteiger partial charge in [-0.05, 0) is 24.3 Å². The van der Waals surface area contributed by atoms with E-state index in [4.69, 9.17) is 32.4 Å². The molecule has 0 amide bonds. The molecule has 2 aromatic carbocycles. The van der Waals surface area contributed by atoms with E-state index in [-0.39, 0.29) is 18.7 Å². The minimum Gasteiger partial charge on any atom is -0.459 e. The van der Waals surface area contributed by atoms with E-state index in [1.807, 2.05) is 18.2 Å². The second-order valence-electron chi connectivity index (χ2n) is 5.85. The number of nitrogens with zero attached hydrogens (tertiary/aromatic N) is 2. The van der Waals surface area contributed by atoms with Gasteiger partial charge < -0.3 is 9.15 Å². The van der Waals surface area contributed by atoms with E-state index >= 15 is 0 Å². The number of aromatic nitrogens is 2. The summed E-state index contributed by atoms with van der Waals surface area (Å²) < 4.78 is 11.9. The Kier molecular flexibility index (Phi) is 4.59. The van der Waals surface area contributed by atoms with Gasteiger partial charge in [-0.1, -0.05) is 41.4 Å². The Bertz CT molecular complexity index is 1230. The number of furan rings is 1. The largest absolute Gasteiger partial charge is 0.459 e. The molecule has 0 aliphatic carbocycles. The van der Waals surface area contributed by atoms with Crippen molar-refractivity contribution in [3.05, 3.63) is 74.8 Å². The number of carbonyl (C=O) groups excluding carboxylic acids is 1. The van der Waals surface area contributed by atoms with E-state index in [2.05, 4.69) is 4.98 Å². The molecule has 0 unspecified atom stereocenters. The van der Waals surface area contributed by atoms with Crippen molar-refractivity contribution in [2.24, 2.45) is 0 Å². The lowest BCUT2D eigenvalue weighted by Gasteiger charge is -2.08. The smallest absolute Gasteiger partial charge is 0.326 e. The van der Waals surface area contributed by atoms with Crippen LogP contribution in [0, 0.1) is 0 Å². The summed E-state index contributed by atoms with van der Waals surface area (Å²) in [4.78, 5) is 29.0. The second kappa shape index (κ2) is 7.06. The fourth-order valence-corrected chi connectivity index (χ4v) is 3.17. The van der Waals surface area contributed by atoms with E-state index < -0.39 is 11.5 Å². The van der Waals surface area contributed by atoms with Crippen molar-refractivity contribution < 1.29 is 13.9 Å². The van der Waals surface area contributed by atoms with Crippen molar-refractivity contribution >= 4 is 51.2 Å². The highest BCUT2D eigenvalue weighted by atomic mass is 35.5. The molecular formula is C19H12Cl2N2O4. The molecule has 0 bridgehead atoms. The van der Waals surface area contributed by atoms with Gasteiger partial charge in [0.25, 0.3) is 5.56 Å². The topological polar surface area (TPSA) is 74.3 Å². The summed E-state index contributed by atoms with van der Waals surface area (Å²) in [7, 11) is 0. The fraction of sp³-hybridized carbons (Fsp3) is 0.105. The molecule has 4 rings (SSSR count). The summed E-state index contributed by atoms with van der Waals surface area (Å²) in [6.07, 6.45) is 1.31. The van der Waals surface area contributed by atoms with Crippen LogP contribution >= 0.6 is 23.2 Å². The van der Waals surface area contributed by atoms with Gasteiger partial charge in [0.1, 0.15) is 24.3 Å². The van der Waals surface area contributed by atoms with Crippen molar-refractivity contribution in [2.45, 2.75) is 13.2 Å². The van der Waals surface area contributed by atoms with Crippen LogP contribution in [0.5, 0.6) is 0 Å². The quantitative estimate of drug-likeness (QED) is 0.478. The fourth-order valence-electron chi connectivity index (χ4n) is 2.71. The highest BCUT2D eigenvalue weighted by Gasteiger charge is 2.15. The molecule has 2 aromatic heterocycles. The Morgan fingerprint density at radius 1 is 1.19 bits per heavy atom. The van der Waals surface area contributed by atoms with Gasteiger partial charge in [0.2, 0.25) is 5.58 Å². The maximum Gasteiger partial charge on any atom is 0.326 e. The number of para-hydroxylation sites is 1. The average molecular weight is 403 g/mol. The number of benzene rings is 2. The number of esters is 1. The Balaban J connectivity index is 1.54. The molecule has 0 saturated carbocycles. The summed E-state index contributed by atoms with van der Waals surface area (Å²) in [6.45, 7) is -0.312. The number of rotatable bonds is 4. The zero-order valence-electron chi connectivity index (χ0n) is 13.8. The first-order chi connectivity index (χ1) is 13.0. The van der Waals surface area contributed by atoms with Crippen molar-refractivity contribution in [1.29, 1.82) is 0 Å². The molecule has 0 spiro atoms. The zero-order chi connectivity index (χ0) is 19.0. The Morgan fingerprint density at radius 2 is 2.00 bits per heavy atom. The van der Waals surface area contributed by atoms with Crippen molar-refractivity contribution in [1.82, 2.24) is 9.55 Å². The molecular weight excluding hydrogens is 391 g/mol. The summed E-state index contributed by atoms with van der Waals surface area (Å²) in [5.41, 5.74) is 1.31. The third kappa shape index (κ3) is 3.41. The highest BCUT2D eigenvalue weighted by Crippen LogP contribution is 2.24. The number of ether oxygens (including phenoxy) is 1. The maximum absolute atomic E-state index is 12.6. The molecule has 8 heteroatoms. The van der Waals surface area contributed by atoms with Crippen LogP contribution in [0.25, 0.3) is 22.1 Å². The standard InChI is InChI=1S/C19H12Cl2N2O4/c20-12-6-5-11(14(21)7-12)9-26-16(24)8-23-10-22-17-13-3-1-2-4-15(13)27-18(17)19(23)25/h1-7,10H,8-9H2. The number of fused-ring (bicyclic) bond motifs is 3. The molecule has 0 atom stereocenters. The van der Waals surface area contributed by atoms with E-state index in [9.17, 15) is 9.59 Å². The second-order valence-corrected chi connectivity index (χ2v) is 6.69. The summed E-state index contributed by atoms with van der Waals surface area (Å²) in [5.74, 6) is -0.597. The van der Waals surface area contributed by atoms with Crippen molar-refractivity contribution in [3.8, 4) is 0 Å². The molecule has 0 saturated heterocycles. The van der Waals surface area contributed by atoms with Crippen molar-refractivity contribution in [3.63, 3.8) is 0 Å². The number of hydrogen-bond donors (Lipinski definition) is 0. The van der Waals surface area contributed by atoms with Gasteiger partial charge in [-0.25, -0.2) is 4.98 Å². The maximum atomic E-state index is 12.6. The molecule has 0 fully saturated rings. The summed E-state index contributed by atoms with van der Waals surface area (Å²) >= 11 is 11.9. The van der Waals surface area contributed by atoms with Crippen LogP contribution < -0.4 is 5.56 Å². The molecule has 2 heterocycles. The predicted molar refractivity (Wildman–Crippen MR) is 102 cm³/mol. The van der Waals surface area contributed by atoms with Crippen LogP contribution in [0.1, 0.15) is 5.56 Å². The first-order valence-corrected chi connectivity index (χ1v) is 8.75. The van der Waals surface area contributed by atoms with E-state index in [0.717, 1.165) is 9.95 Å². The minimum absolute atomic E-state index is 0.0239. The third-order valence-corrected chi connectivity index (χ3v) is 4.64. The average Bonchev–Trinajstić information content (AvgIpc) is 3.03. The highest BCUT2D eigenvalue weighted by molar-refractivity contribution is 6.35. The molecule has 0 radical (unpaired) electrons. The first kappa shape index (κ1) is 17.6. The lowest BCUT2D eigenvalue weighted by Crippen LogP contribution is -2.25. The Labute approximate surface area is 162 Å². The zero-order valence-corrected chi connectivity index (χ0v) is 15.3. The van der Waals surface area contributed by atoms with Crippen LogP contribution in [0.15, 0.2) is 58.0 Å². The molecule has 6 nitrogen and oxygen atoms in total. The van der Waals surface area contributed by atoms with Gasteiger partial charge in [0, 0.05) is 21.0 Å². The van der Waals surface area contributed by atoms with Gasteiger partial charge in [0.15, 0.2) is 0 Å². The van der Waals surface area contributed by atoms with Crippen LogP contribution in [0.2, 0.25) is 10.0 Å². The van der Waals surface area contributed by atoms with Gasteiger partial charge in [-0.3, -0.25) is 14.2 Å². The Morgan fingerprint density at radius 3 is 2.81 bits per heavy atom. The minimum atomic E-state index is -0.597. The SMILES string of the molecule is O=C(Cn1cnc2c(oc3ccccc32)c1=O)OCc1ccc(Cl)cc1Cl. The lowest BCUT2D eigenvalue weighted by atomic mass is 10.2. The third-order valence-electron chi connectivity index (χ3n) is 4.05. The Hall–Kier alpha value is -2.83. The number of hydrogen-bond acceptors (Lipinski definition) is 5. The summed E-state index contributed by atoms with van der Waals surface area (Å²) in [5, 5.41) is 1.64. The molecule has 0 N–H and O–H groups in total. The number of halogens is 2. The van der Waals surface area contributed by atoms with Crippen LogP contribution in [0.4, 0.5) is 0 Å². The molecule has 4 aromatic rings. The van der Waals surface area contributed by atoms with Gasteiger partial charge >= 0.3 is 5.97 Å². The van der Waals surface area contributed by atoms with Crippen molar-refractivity contribution in [2.75, 3.05) is 0 Å². The molecule has 0 aliphatic rings. The predicted octanol–water partition coefficient (Wildman–Crippen LogP) is 4.19. The monoisotopic (exact) mass is 402 g/mol. The van der Waals surface area contributed by atoms with Crippen LogP contribution in [0.3, 0.4) is 0 Å².